The fraction of sp³-hybridized carbons (Fsp3) is 0.0833. The maximum absolute atomic E-state index is 10.8. The Morgan fingerprint density at radius 2 is 1.94 bits per heavy atom. The number of aryl methyl sites for hydroxylation is 1. The molecule has 1 aromatic carbocycles. The molecule has 1 heterocycles. The van der Waals surface area contributed by atoms with Crippen molar-refractivity contribution in [1.82, 2.24) is 0 Å². The summed E-state index contributed by atoms with van der Waals surface area (Å²) in [6, 6.07) is 9.05. The Labute approximate surface area is 101 Å². The molecule has 0 atom stereocenters. The lowest BCUT2D eigenvalue weighted by Crippen LogP contribution is -1.91. The van der Waals surface area contributed by atoms with E-state index in [0.717, 1.165) is 15.6 Å². The van der Waals surface area contributed by atoms with Gasteiger partial charge in [-0.1, -0.05) is 28.1 Å². The van der Waals surface area contributed by atoms with Crippen LogP contribution >= 0.6 is 15.9 Å². The van der Waals surface area contributed by atoms with E-state index < -0.39 is 5.97 Å². The highest BCUT2D eigenvalue weighted by molar-refractivity contribution is 9.10. The van der Waals surface area contributed by atoms with E-state index in [0.29, 0.717) is 5.76 Å². The van der Waals surface area contributed by atoms with Crippen molar-refractivity contribution in [3.05, 3.63) is 46.1 Å². The van der Waals surface area contributed by atoms with Gasteiger partial charge in [-0.15, -0.1) is 0 Å². The van der Waals surface area contributed by atoms with Crippen LogP contribution in [0, 0.1) is 6.92 Å². The molecule has 4 heteroatoms. The molecule has 0 spiro atoms. The lowest BCUT2D eigenvalue weighted by atomic mass is 10.1. The van der Waals surface area contributed by atoms with E-state index >= 15 is 0 Å². The van der Waals surface area contributed by atoms with Gasteiger partial charge in [0.1, 0.15) is 5.76 Å². The number of furan rings is 1. The molecular formula is C12H9BrO3. The normalized spacial score (nSPS) is 10.4. The lowest BCUT2D eigenvalue weighted by molar-refractivity contribution is 0.0663. The highest BCUT2D eigenvalue weighted by Crippen LogP contribution is 2.27. The minimum absolute atomic E-state index is 0.0320. The maximum atomic E-state index is 10.8. The number of hydrogen-bond donors (Lipinski definition) is 1. The van der Waals surface area contributed by atoms with Crippen molar-refractivity contribution in [1.29, 1.82) is 0 Å². The number of benzene rings is 1. The van der Waals surface area contributed by atoms with Crippen molar-refractivity contribution in [2.75, 3.05) is 0 Å². The molecule has 1 N–H and O–H groups in total. The van der Waals surface area contributed by atoms with Gasteiger partial charge in [0.25, 0.3) is 0 Å². The zero-order valence-corrected chi connectivity index (χ0v) is 10.1. The predicted octanol–water partition coefficient (Wildman–Crippen LogP) is 3.72. The molecule has 2 rings (SSSR count). The van der Waals surface area contributed by atoms with Crippen molar-refractivity contribution >= 4 is 21.9 Å². The van der Waals surface area contributed by atoms with Gasteiger partial charge in [0, 0.05) is 10.0 Å². The SMILES string of the molecule is Cc1cc(C(=O)O)oc1-c1ccc(Br)cc1. The molecule has 1 aromatic heterocycles. The summed E-state index contributed by atoms with van der Waals surface area (Å²) < 4.78 is 6.26. The second-order valence-electron chi connectivity index (χ2n) is 3.43. The third kappa shape index (κ3) is 2.02. The number of carboxylic acid groups (broad SMARTS) is 1. The Morgan fingerprint density at radius 1 is 1.31 bits per heavy atom. The molecule has 0 saturated heterocycles. The third-order valence-corrected chi connectivity index (χ3v) is 2.76. The molecule has 0 aliphatic carbocycles. The van der Waals surface area contributed by atoms with Crippen LogP contribution in [0.5, 0.6) is 0 Å². The van der Waals surface area contributed by atoms with E-state index in [-0.39, 0.29) is 5.76 Å². The molecule has 0 saturated carbocycles. The summed E-state index contributed by atoms with van der Waals surface area (Å²) in [5.41, 5.74) is 1.69. The Morgan fingerprint density at radius 3 is 2.44 bits per heavy atom. The topological polar surface area (TPSA) is 50.4 Å². The van der Waals surface area contributed by atoms with Gasteiger partial charge < -0.3 is 9.52 Å². The maximum Gasteiger partial charge on any atom is 0.371 e. The summed E-state index contributed by atoms with van der Waals surface area (Å²) >= 11 is 3.34. The van der Waals surface area contributed by atoms with E-state index in [1.807, 2.05) is 31.2 Å². The second-order valence-corrected chi connectivity index (χ2v) is 4.35. The number of hydrogen-bond acceptors (Lipinski definition) is 2. The van der Waals surface area contributed by atoms with E-state index in [9.17, 15) is 4.79 Å². The van der Waals surface area contributed by atoms with Crippen molar-refractivity contribution in [2.45, 2.75) is 6.92 Å². The van der Waals surface area contributed by atoms with Crippen LogP contribution in [0.3, 0.4) is 0 Å². The fourth-order valence-corrected chi connectivity index (χ4v) is 1.74. The Balaban J connectivity index is 2.47. The summed E-state index contributed by atoms with van der Waals surface area (Å²) in [6.07, 6.45) is 0. The van der Waals surface area contributed by atoms with Crippen molar-refractivity contribution in [3.8, 4) is 11.3 Å². The lowest BCUT2D eigenvalue weighted by Gasteiger charge is -1.98. The number of carbonyl (C=O) groups is 1. The van der Waals surface area contributed by atoms with Gasteiger partial charge >= 0.3 is 5.97 Å². The predicted molar refractivity (Wildman–Crippen MR) is 63.5 cm³/mol. The van der Waals surface area contributed by atoms with Crippen molar-refractivity contribution in [3.63, 3.8) is 0 Å². The smallest absolute Gasteiger partial charge is 0.371 e. The van der Waals surface area contributed by atoms with Crippen molar-refractivity contribution in [2.24, 2.45) is 0 Å². The largest absolute Gasteiger partial charge is 0.475 e. The van der Waals surface area contributed by atoms with Crippen LogP contribution in [0.15, 0.2) is 39.2 Å². The van der Waals surface area contributed by atoms with Gasteiger partial charge in [0.2, 0.25) is 5.76 Å². The average molecular weight is 281 g/mol. The molecule has 16 heavy (non-hydrogen) atoms. The number of carboxylic acids is 1. The zero-order chi connectivity index (χ0) is 11.7. The molecule has 82 valence electrons. The van der Waals surface area contributed by atoms with Crippen LogP contribution < -0.4 is 0 Å². The summed E-state index contributed by atoms with van der Waals surface area (Å²) in [7, 11) is 0. The average Bonchev–Trinajstić information content (AvgIpc) is 2.62. The van der Waals surface area contributed by atoms with Gasteiger partial charge in [-0.05, 0) is 30.7 Å². The number of aromatic carboxylic acids is 1. The summed E-state index contributed by atoms with van der Waals surface area (Å²) in [5.74, 6) is -0.480. The summed E-state index contributed by atoms with van der Waals surface area (Å²) in [4.78, 5) is 10.8. The van der Waals surface area contributed by atoms with Crippen LogP contribution in [0.4, 0.5) is 0 Å². The first-order valence-corrected chi connectivity index (χ1v) is 5.47. The standard InChI is InChI=1S/C12H9BrO3/c1-7-6-10(12(14)15)16-11(7)8-2-4-9(13)5-3-8/h2-6H,1H3,(H,14,15). The van der Waals surface area contributed by atoms with Gasteiger partial charge in [-0.25, -0.2) is 4.79 Å². The Hall–Kier alpha value is -1.55. The number of rotatable bonds is 2. The monoisotopic (exact) mass is 280 g/mol. The van der Waals surface area contributed by atoms with Crippen LogP contribution in [-0.4, -0.2) is 11.1 Å². The van der Waals surface area contributed by atoms with E-state index in [4.69, 9.17) is 9.52 Å². The molecule has 0 bridgehead atoms. The quantitative estimate of drug-likeness (QED) is 0.912. The molecule has 0 aliphatic heterocycles. The molecule has 0 aliphatic rings. The molecule has 3 nitrogen and oxygen atoms in total. The van der Waals surface area contributed by atoms with Crippen molar-refractivity contribution < 1.29 is 14.3 Å². The second kappa shape index (κ2) is 4.14. The minimum atomic E-state index is -1.05. The van der Waals surface area contributed by atoms with Crippen LogP contribution in [0.25, 0.3) is 11.3 Å². The summed E-state index contributed by atoms with van der Waals surface area (Å²) in [5, 5.41) is 8.81. The highest BCUT2D eigenvalue weighted by Gasteiger charge is 2.14. The zero-order valence-electron chi connectivity index (χ0n) is 8.53. The Bertz CT molecular complexity index is 526. The van der Waals surface area contributed by atoms with Crippen LogP contribution in [-0.2, 0) is 0 Å². The van der Waals surface area contributed by atoms with E-state index in [1.54, 1.807) is 0 Å². The van der Waals surface area contributed by atoms with E-state index in [1.165, 1.54) is 6.07 Å². The minimum Gasteiger partial charge on any atom is -0.475 e. The first kappa shape index (κ1) is 11.0. The molecular weight excluding hydrogens is 272 g/mol. The molecule has 2 aromatic rings. The number of halogens is 1. The van der Waals surface area contributed by atoms with Gasteiger partial charge in [0.05, 0.1) is 0 Å². The molecule has 0 fully saturated rings. The fourth-order valence-electron chi connectivity index (χ4n) is 1.48. The van der Waals surface area contributed by atoms with Gasteiger partial charge in [-0.2, -0.15) is 0 Å². The molecule has 0 amide bonds. The van der Waals surface area contributed by atoms with Crippen LogP contribution in [0.1, 0.15) is 16.1 Å². The summed E-state index contributed by atoms with van der Waals surface area (Å²) in [6.45, 7) is 1.83. The third-order valence-electron chi connectivity index (χ3n) is 2.23. The molecule has 0 radical (unpaired) electrons. The molecule has 0 unspecified atom stereocenters. The first-order valence-electron chi connectivity index (χ1n) is 4.67. The first-order chi connectivity index (χ1) is 7.58. The van der Waals surface area contributed by atoms with E-state index in [2.05, 4.69) is 15.9 Å². The van der Waals surface area contributed by atoms with Gasteiger partial charge in [0.15, 0.2) is 0 Å². The van der Waals surface area contributed by atoms with Crippen LogP contribution in [0.2, 0.25) is 0 Å². The Kier molecular flexibility index (Phi) is 2.83. The highest BCUT2D eigenvalue weighted by atomic mass is 79.9. The van der Waals surface area contributed by atoms with Gasteiger partial charge in [-0.3, -0.25) is 0 Å².